The summed E-state index contributed by atoms with van der Waals surface area (Å²) in [5.74, 6) is 1.21. The minimum Gasteiger partial charge on any atom is -0.497 e. The van der Waals surface area contributed by atoms with Crippen LogP contribution >= 0.6 is 11.6 Å². The lowest BCUT2D eigenvalue weighted by molar-refractivity contribution is 0.0926. The fraction of sp³-hybridized carbons (Fsp3) is 0.250. The number of amides is 1. The Morgan fingerprint density at radius 3 is 2.71 bits per heavy atom. The van der Waals surface area contributed by atoms with Gasteiger partial charge in [0.25, 0.3) is 5.91 Å². The van der Waals surface area contributed by atoms with Gasteiger partial charge in [0, 0.05) is 24.5 Å². The van der Waals surface area contributed by atoms with Crippen molar-refractivity contribution in [2.24, 2.45) is 0 Å². The number of pyridine rings is 1. The van der Waals surface area contributed by atoms with Crippen LogP contribution in [0.4, 0.5) is 0 Å². The molecule has 3 rings (SSSR count). The molecule has 8 heteroatoms. The smallest absolute Gasteiger partial charge is 0.273 e. The topological polar surface area (TPSA) is 86.5 Å². The molecular formula is C20H20ClN3O4. The lowest BCUT2D eigenvalue weighted by atomic mass is 10.1. The number of hydrogen-bond donors (Lipinski definition) is 1. The van der Waals surface area contributed by atoms with Gasteiger partial charge >= 0.3 is 0 Å². The Bertz CT molecular complexity index is 930. The monoisotopic (exact) mass is 401 g/mol. The van der Waals surface area contributed by atoms with Crippen LogP contribution in [0.1, 0.15) is 41.2 Å². The number of nitrogens with one attached hydrogen (secondary N) is 1. The number of carbonyl (C=O) groups is 1. The molecule has 2 heterocycles. The van der Waals surface area contributed by atoms with E-state index in [4.69, 9.17) is 25.6 Å². The molecule has 0 aliphatic rings. The van der Waals surface area contributed by atoms with E-state index < -0.39 is 0 Å². The van der Waals surface area contributed by atoms with E-state index >= 15 is 0 Å². The lowest BCUT2D eigenvalue weighted by Crippen LogP contribution is -2.28. The first-order valence-electron chi connectivity index (χ1n) is 8.73. The first-order valence-corrected chi connectivity index (χ1v) is 9.11. The first-order chi connectivity index (χ1) is 13.6. The number of nitrogens with zero attached hydrogens (tertiary/aromatic N) is 2. The third-order valence-electron chi connectivity index (χ3n) is 4.12. The van der Waals surface area contributed by atoms with Crippen LogP contribution < -0.4 is 14.8 Å². The van der Waals surface area contributed by atoms with E-state index in [1.807, 2.05) is 19.1 Å². The molecule has 1 N–H and O–H groups in total. The summed E-state index contributed by atoms with van der Waals surface area (Å²) >= 11 is 6.14. The van der Waals surface area contributed by atoms with Gasteiger partial charge < -0.3 is 19.3 Å². The van der Waals surface area contributed by atoms with E-state index in [-0.39, 0.29) is 24.2 Å². The van der Waals surface area contributed by atoms with Crippen LogP contribution in [-0.4, -0.2) is 23.2 Å². The number of ether oxygens (including phenoxy) is 2. The Morgan fingerprint density at radius 1 is 1.25 bits per heavy atom. The highest BCUT2D eigenvalue weighted by atomic mass is 35.5. The molecule has 2 aromatic heterocycles. The van der Waals surface area contributed by atoms with E-state index in [1.165, 1.54) is 0 Å². The highest BCUT2D eigenvalue weighted by molar-refractivity contribution is 6.32. The summed E-state index contributed by atoms with van der Waals surface area (Å²) in [6.07, 6.45) is 4.12. The van der Waals surface area contributed by atoms with E-state index in [2.05, 4.69) is 15.5 Å². The summed E-state index contributed by atoms with van der Waals surface area (Å²) in [5, 5.41) is 7.19. The molecule has 0 unspecified atom stereocenters. The quantitative estimate of drug-likeness (QED) is 0.609. The number of rotatable bonds is 8. The second-order valence-electron chi connectivity index (χ2n) is 5.98. The summed E-state index contributed by atoms with van der Waals surface area (Å²) in [4.78, 5) is 16.5. The summed E-state index contributed by atoms with van der Waals surface area (Å²) in [5.41, 5.74) is 1.17. The molecule has 3 aromatic rings. The van der Waals surface area contributed by atoms with Crippen molar-refractivity contribution < 1.29 is 18.8 Å². The molecule has 1 amide bonds. The first kappa shape index (κ1) is 19.7. The normalized spacial score (nSPS) is 11.7. The molecule has 28 heavy (non-hydrogen) atoms. The zero-order valence-corrected chi connectivity index (χ0v) is 16.3. The molecule has 1 atom stereocenters. The van der Waals surface area contributed by atoms with Crippen LogP contribution in [0.5, 0.6) is 11.5 Å². The number of hydrogen-bond acceptors (Lipinski definition) is 6. The highest BCUT2D eigenvalue weighted by Crippen LogP contribution is 2.29. The largest absolute Gasteiger partial charge is 0.497 e. The summed E-state index contributed by atoms with van der Waals surface area (Å²) in [7, 11) is 1.56. The van der Waals surface area contributed by atoms with E-state index in [1.54, 1.807) is 43.8 Å². The van der Waals surface area contributed by atoms with Crippen molar-refractivity contribution in [3.63, 3.8) is 0 Å². The molecule has 0 bridgehead atoms. The van der Waals surface area contributed by atoms with Crippen LogP contribution in [0.3, 0.4) is 0 Å². The van der Waals surface area contributed by atoms with Crippen molar-refractivity contribution in [1.82, 2.24) is 15.5 Å². The van der Waals surface area contributed by atoms with E-state index in [9.17, 15) is 4.79 Å². The zero-order chi connectivity index (χ0) is 19.9. The second-order valence-corrected chi connectivity index (χ2v) is 6.39. The van der Waals surface area contributed by atoms with Gasteiger partial charge in [0.05, 0.1) is 18.2 Å². The molecule has 0 spiro atoms. The fourth-order valence-electron chi connectivity index (χ4n) is 2.61. The van der Waals surface area contributed by atoms with Crippen molar-refractivity contribution in [3.05, 3.63) is 70.8 Å². The zero-order valence-electron chi connectivity index (χ0n) is 15.5. The number of carbonyl (C=O) groups excluding carboxylic acids is 1. The molecule has 0 aliphatic carbocycles. The van der Waals surface area contributed by atoms with Crippen LogP contribution in [-0.2, 0) is 6.61 Å². The van der Waals surface area contributed by atoms with Gasteiger partial charge in [-0.15, -0.1) is 0 Å². The molecule has 1 aromatic carbocycles. The van der Waals surface area contributed by atoms with Crippen molar-refractivity contribution in [2.75, 3.05) is 7.11 Å². The second kappa shape index (κ2) is 9.23. The minimum atomic E-state index is -0.318. The van der Waals surface area contributed by atoms with Gasteiger partial charge in [-0.1, -0.05) is 23.7 Å². The van der Waals surface area contributed by atoms with Crippen LogP contribution in [0.15, 0.2) is 53.3 Å². The third-order valence-corrected chi connectivity index (χ3v) is 4.42. The Morgan fingerprint density at radius 2 is 2.04 bits per heavy atom. The van der Waals surface area contributed by atoms with Crippen LogP contribution in [0, 0.1) is 0 Å². The molecule has 0 saturated carbocycles. The number of methoxy groups -OCH3 is 1. The van der Waals surface area contributed by atoms with Gasteiger partial charge in [0.15, 0.2) is 11.5 Å². The van der Waals surface area contributed by atoms with Gasteiger partial charge in [-0.25, -0.2) is 0 Å². The van der Waals surface area contributed by atoms with Crippen molar-refractivity contribution in [2.45, 2.75) is 26.0 Å². The van der Waals surface area contributed by atoms with E-state index in [0.29, 0.717) is 22.3 Å². The van der Waals surface area contributed by atoms with Gasteiger partial charge in [-0.05, 0) is 36.2 Å². The summed E-state index contributed by atoms with van der Waals surface area (Å²) in [6.45, 7) is 2.08. The Kier molecular flexibility index (Phi) is 6.49. The maximum absolute atomic E-state index is 12.5. The van der Waals surface area contributed by atoms with Gasteiger partial charge in [0.2, 0.25) is 0 Å². The van der Waals surface area contributed by atoms with Crippen LogP contribution in [0.25, 0.3) is 0 Å². The molecule has 7 nitrogen and oxygen atoms in total. The van der Waals surface area contributed by atoms with Crippen molar-refractivity contribution >= 4 is 17.5 Å². The summed E-state index contributed by atoms with van der Waals surface area (Å²) in [6, 6.07) is 10.2. The number of aromatic nitrogens is 2. The molecule has 0 saturated heterocycles. The predicted octanol–water partition coefficient (Wildman–Crippen LogP) is 4.19. The lowest BCUT2D eigenvalue weighted by Gasteiger charge is -2.16. The van der Waals surface area contributed by atoms with E-state index in [0.717, 1.165) is 12.0 Å². The molecule has 0 radical (unpaired) electrons. The maximum atomic E-state index is 12.5. The van der Waals surface area contributed by atoms with Gasteiger partial charge in [0.1, 0.15) is 18.1 Å². The van der Waals surface area contributed by atoms with Gasteiger partial charge in [-0.3, -0.25) is 9.78 Å². The number of halogens is 1. The highest BCUT2D eigenvalue weighted by Gasteiger charge is 2.18. The third kappa shape index (κ3) is 4.80. The van der Waals surface area contributed by atoms with Crippen molar-refractivity contribution in [3.8, 4) is 11.5 Å². The summed E-state index contributed by atoms with van der Waals surface area (Å²) < 4.78 is 15.9. The SMILES string of the molecule is CC[C@@H](NC(=O)c1cc(COc2ccc(OC)cc2Cl)on1)c1ccncc1. The average molecular weight is 402 g/mol. The average Bonchev–Trinajstić information content (AvgIpc) is 3.20. The van der Waals surface area contributed by atoms with Crippen molar-refractivity contribution in [1.29, 1.82) is 0 Å². The molecule has 0 aliphatic heterocycles. The van der Waals surface area contributed by atoms with Gasteiger partial charge in [-0.2, -0.15) is 0 Å². The maximum Gasteiger partial charge on any atom is 0.273 e. The molecule has 0 fully saturated rings. The number of benzene rings is 1. The molecular weight excluding hydrogens is 382 g/mol. The Labute approximate surface area is 167 Å². The van der Waals surface area contributed by atoms with Crippen LogP contribution in [0.2, 0.25) is 5.02 Å². The molecule has 146 valence electrons. The predicted molar refractivity (Wildman–Crippen MR) is 104 cm³/mol. The standard InChI is InChI=1S/C20H20ClN3O4/c1-3-17(13-6-8-22-9-7-13)23-20(25)18-11-15(28-24-18)12-27-19-5-4-14(26-2)10-16(19)21/h4-11,17H,3,12H2,1-2H3,(H,23,25)/t17-/m1/s1. The minimum absolute atomic E-state index is 0.0912. The Hall–Kier alpha value is -3.06. The Balaban J connectivity index is 1.61. The fourth-order valence-corrected chi connectivity index (χ4v) is 2.84.